The van der Waals surface area contributed by atoms with Crippen LogP contribution in [0.3, 0.4) is 0 Å². The molecule has 0 radical (unpaired) electrons. The number of benzene rings is 2. The third kappa shape index (κ3) is 3.65. The molecular formula is C16H20N2O. The second-order valence-corrected chi connectivity index (χ2v) is 4.40. The molecule has 2 aromatic carbocycles. The van der Waals surface area contributed by atoms with Crippen LogP contribution in [0.25, 0.3) is 0 Å². The number of nitrogens with two attached hydrogens (primary N) is 1. The van der Waals surface area contributed by atoms with Crippen LogP contribution in [-0.2, 0) is 6.42 Å². The van der Waals surface area contributed by atoms with E-state index in [-0.39, 0.29) is 0 Å². The van der Waals surface area contributed by atoms with E-state index in [0.717, 1.165) is 23.5 Å². The van der Waals surface area contributed by atoms with E-state index in [1.165, 1.54) is 5.56 Å². The van der Waals surface area contributed by atoms with Crippen LogP contribution in [0, 0.1) is 0 Å². The summed E-state index contributed by atoms with van der Waals surface area (Å²) in [6.07, 6.45) is 1.02. The van der Waals surface area contributed by atoms with Gasteiger partial charge in [0.1, 0.15) is 5.75 Å². The van der Waals surface area contributed by atoms with Crippen LogP contribution in [0.1, 0.15) is 19.4 Å². The van der Waals surface area contributed by atoms with Gasteiger partial charge in [-0.3, -0.25) is 0 Å². The Hall–Kier alpha value is -2.16. The van der Waals surface area contributed by atoms with Gasteiger partial charge in [0, 0.05) is 29.2 Å². The molecule has 0 aliphatic heterocycles. The predicted octanol–water partition coefficient (Wildman–Crippen LogP) is 3.97. The molecule has 2 rings (SSSR count). The van der Waals surface area contributed by atoms with E-state index in [9.17, 15) is 0 Å². The van der Waals surface area contributed by atoms with Gasteiger partial charge in [-0.2, -0.15) is 0 Å². The summed E-state index contributed by atoms with van der Waals surface area (Å²) >= 11 is 0. The average Bonchev–Trinajstić information content (AvgIpc) is 2.38. The van der Waals surface area contributed by atoms with Crippen molar-refractivity contribution in [2.45, 2.75) is 20.3 Å². The molecule has 0 aliphatic carbocycles. The van der Waals surface area contributed by atoms with Crippen molar-refractivity contribution in [3.63, 3.8) is 0 Å². The fourth-order valence-corrected chi connectivity index (χ4v) is 1.98. The summed E-state index contributed by atoms with van der Waals surface area (Å²) in [7, 11) is 0. The van der Waals surface area contributed by atoms with Crippen molar-refractivity contribution in [2.75, 3.05) is 17.7 Å². The van der Waals surface area contributed by atoms with Gasteiger partial charge in [0.15, 0.2) is 0 Å². The van der Waals surface area contributed by atoms with Crippen molar-refractivity contribution in [3.8, 4) is 5.75 Å². The lowest BCUT2D eigenvalue weighted by molar-refractivity contribution is 0.340. The Morgan fingerprint density at radius 3 is 2.63 bits per heavy atom. The van der Waals surface area contributed by atoms with Crippen molar-refractivity contribution < 1.29 is 4.74 Å². The van der Waals surface area contributed by atoms with Gasteiger partial charge in [0.2, 0.25) is 0 Å². The maximum Gasteiger partial charge on any atom is 0.123 e. The minimum Gasteiger partial charge on any atom is -0.494 e. The van der Waals surface area contributed by atoms with E-state index in [4.69, 9.17) is 10.5 Å². The fourth-order valence-electron chi connectivity index (χ4n) is 1.98. The molecule has 3 nitrogen and oxygen atoms in total. The molecule has 19 heavy (non-hydrogen) atoms. The summed E-state index contributed by atoms with van der Waals surface area (Å²) in [5, 5.41) is 3.36. The SMILES string of the molecule is CCOc1cc(N)cc(Nc2cccc(CC)c2)c1. The number of hydrogen-bond acceptors (Lipinski definition) is 3. The summed E-state index contributed by atoms with van der Waals surface area (Å²) < 4.78 is 5.49. The smallest absolute Gasteiger partial charge is 0.123 e. The van der Waals surface area contributed by atoms with Crippen LogP contribution < -0.4 is 15.8 Å². The largest absolute Gasteiger partial charge is 0.494 e. The van der Waals surface area contributed by atoms with Crippen molar-refractivity contribution in [2.24, 2.45) is 0 Å². The van der Waals surface area contributed by atoms with Crippen LogP contribution in [-0.4, -0.2) is 6.61 Å². The molecule has 0 spiro atoms. The molecule has 0 fully saturated rings. The van der Waals surface area contributed by atoms with Crippen molar-refractivity contribution in [1.82, 2.24) is 0 Å². The molecule has 0 atom stereocenters. The number of nitrogens with one attached hydrogen (secondary N) is 1. The Balaban J connectivity index is 2.22. The number of rotatable bonds is 5. The lowest BCUT2D eigenvalue weighted by atomic mass is 10.1. The second-order valence-electron chi connectivity index (χ2n) is 4.40. The first-order chi connectivity index (χ1) is 9.21. The zero-order valence-electron chi connectivity index (χ0n) is 11.4. The molecule has 0 unspecified atom stereocenters. The second kappa shape index (κ2) is 6.14. The molecule has 3 heteroatoms. The summed E-state index contributed by atoms with van der Waals surface area (Å²) in [5.41, 5.74) is 9.88. The van der Waals surface area contributed by atoms with Crippen LogP contribution in [0.4, 0.5) is 17.1 Å². The number of nitrogen functional groups attached to an aromatic ring is 1. The number of aryl methyl sites for hydroxylation is 1. The van der Waals surface area contributed by atoms with Gasteiger partial charge < -0.3 is 15.8 Å². The highest BCUT2D eigenvalue weighted by molar-refractivity contribution is 5.66. The molecule has 0 aliphatic rings. The molecule has 2 aromatic rings. The Labute approximate surface area is 114 Å². The third-order valence-corrected chi connectivity index (χ3v) is 2.86. The summed E-state index contributed by atoms with van der Waals surface area (Å²) in [5.74, 6) is 0.789. The highest BCUT2D eigenvalue weighted by Gasteiger charge is 2.01. The monoisotopic (exact) mass is 256 g/mol. The molecule has 0 aromatic heterocycles. The third-order valence-electron chi connectivity index (χ3n) is 2.86. The van der Waals surface area contributed by atoms with E-state index in [0.29, 0.717) is 12.3 Å². The Morgan fingerprint density at radius 1 is 1.05 bits per heavy atom. The van der Waals surface area contributed by atoms with E-state index >= 15 is 0 Å². The summed E-state index contributed by atoms with van der Waals surface area (Å²) in [6.45, 7) is 4.74. The topological polar surface area (TPSA) is 47.3 Å². The number of ether oxygens (including phenoxy) is 1. The van der Waals surface area contributed by atoms with Crippen molar-refractivity contribution >= 4 is 17.1 Å². The lowest BCUT2D eigenvalue weighted by Gasteiger charge is -2.11. The van der Waals surface area contributed by atoms with Gasteiger partial charge in [0.05, 0.1) is 6.61 Å². The number of anilines is 3. The minimum atomic E-state index is 0.633. The quantitative estimate of drug-likeness (QED) is 0.796. The van der Waals surface area contributed by atoms with E-state index < -0.39 is 0 Å². The zero-order valence-corrected chi connectivity index (χ0v) is 11.4. The van der Waals surface area contributed by atoms with E-state index in [1.807, 2.05) is 31.2 Å². The first-order valence-corrected chi connectivity index (χ1v) is 6.60. The standard InChI is InChI=1S/C16H20N2O/c1-3-12-6-5-7-14(8-12)18-15-9-13(17)10-16(11-15)19-4-2/h5-11,18H,3-4,17H2,1-2H3. The first kappa shape index (κ1) is 13.3. The van der Waals surface area contributed by atoms with Crippen LogP contribution in [0.5, 0.6) is 5.75 Å². The van der Waals surface area contributed by atoms with Crippen LogP contribution in [0.2, 0.25) is 0 Å². The van der Waals surface area contributed by atoms with E-state index in [2.05, 4.69) is 30.4 Å². The van der Waals surface area contributed by atoms with Crippen LogP contribution in [0.15, 0.2) is 42.5 Å². The molecule has 0 saturated heterocycles. The van der Waals surface area contributed by atoms with E-state index in [1.54, 1.807) is 0 Å². The fraction of sp³-hybridized carbons (Fsp3) is 0.250. The normalized spacial score (nSPS) is 10.2. The summed E-state index contributed by atoms with van der Waals surface area (Å²) in [6, 6.07) is 14.1. The van der Waals surface area contributed by atoms with Crippen molar-refractivity contribution in [1.29, 1.82) is 0 Å². The van der Waals surface area contributed by atoms with Gasteiger partial charge >= 0.3 is 0 Å². The maximum absolute atomic E-state index is 5.88. The highest BCUT2D eigenvalue weighted by atomic mass is 16.5. The molecule has 0 amide bonds. The molecular weight excluding hydrogens is 236 g/mol. The zero-order chi connectivity index (χ0) is 13.7. The van der Waals surface area contributed by atoms with Gasteiger partial charge in [0.25, 0.3) is 0 Å². The lowest BCUT2D eigenvalue weighted by Crippen LogP contribution is -1.97. The van der Waals surface area contributed by atoms with Gasteiger partial charge in [-0.25, -0.2) is 0 Å². The predicted molar refractivity (Wildman–Crippen MR) is 81.1 cm³/mol. The molecule has 100 valence electrons. The first-order valence-electron chi connectivity index (χ1n) is 6.60. The van der Waals surface area contributed by atoms with Crippen LogP contribution >= 0.6 is 0 Å². The highest BCUT2D eigenvalue weighted by Crippen LogP contribution is 2.25. The minimum absolute atomic E-state index is 0.633. The van der Waals surface area contributed by atoms with Gasteiger partial charge in [-0.15, -0.1) is 0 Å². The molecule has 0 bridgehead atoms. The molecule has 0 saturated carbocycles. The molecule has 3 N–H and O–H groups in total. The maximum atomic E-state index is 5.88. The summed E-state index contributed by atoms with van der Waals surface area (Å²) in [4.78, 5) is 0. The Kier molecular flexibility index (Phi) is 4.29. The van der Waals surface area contributed by atoms with Crippen molar-refractivity contribution in [3.05, 3.63) is 48.0 Å². The van der Waals surface area contributed by atoms with Gasteiger partial charge in [-0.05, 0) is 37.1 Å². The molecule has 0 heterocycles. The van der Waals surface area contributed by atoms with Gasteiger partial charge in [-0.1, -0.05) is 19.1 Å². The Morgan fingerprint density at radius 2 is 1.89 bits per heavy atom. The number of hydrogen-bond donors (Lipinski definition) is 2. The Bertz CT molecular complexity index is 552. The average molecular weight is 256 g/mol.